The summed E-state index contributed by atoms with van der Waals surface area (Å²) in [5.41, 5.74) is 5.14. The van der Waals surface area contributed by atoms with Gasteiger partial charge in [0.2, 0.25) is 6.23 Å². The van der Waals surface area contributed by atoms with E-state index in [1.807, 2.05) is 78.9 Å². The van der Waals surface area contributed by atoms with Gasteiger partial charge in [-0.3, -0.25) is 0 Å². The molecule has 2 unspecified atom stereocenters. The maximum Gasteiger partial charge on any atom is 0.214 e. The molecule has 6 nitrogen and oxygen atoms in total. The minimum atomic E-state index is -0.451. The summed E-state index contributed by atoms with van der Waals surface area (Å²) in [6, 6.07) is 28.1. The summed E-state index contributed by atoms with van der Waals surface area (Å²) >= 11 is 7.37. The number of rotatable bonds is 7. The number of hydrogen-bond donors (Lipinski definition) is 0. The standard InChI is InChI=1S/C31H26Br2N2O4/c1-36-23-11-8-20(9-12-23)26-17-27-24-15-22(32)16-25(33)30(24)39-31(35(27)34-26)21-10-13-28(29(14-21)37-2)38-18-19-6-4-3-5-7-19/h3-16,27,31H,17-18H2,1-2H3. The quantitative estimate of drug-likeness (QED) is 0.203. The molecule has 0 fully saturated rings. The van der Waals surface area contributed by atoms with Crippen molar-refractivity contribution in [2.75, 3.05) is 14.2 Å². The molecule has 2 heterocycles. The number of hydrogen-bond acceptors (Lipinski definition) is 6. The van der Waals surface area contributed by atoms with Crippen LogP contribution in [0.5, 0.6) is 23.0 Å². The number of hydrazone groups is 1. The van der Waals surface area contributed by atoms with Crippen molar-refractivity contribution in [1.82, 2.24) is 5.01 Å². The van der Waals surface area contributed by atoms with Gasteiger partial charge >= 0.3 is 0 Å². The van der Waals surface area contributed by atoms with Crippen LogP contribution in [-0.2, 0) is 6.61 Å². The Bertz CT molecular complexity index is 1530. The van der Waals surface area contributed by atoms with Gasteiger partial charge in [-0.1, -0.05) is 46.3 Å². The smallest absolute Gasteiger partial charge is 0.214 e. The van der Waals surface area contributed by atoms with E-state index in [9.17, 15) is 0 Å². The van der Waals surface area contributed by atoms with Crippen molar-refractivity contribution in [1.29, 1.82) is 0 Å². The van der Waals surface area contributed by atoms with Gasteiger partial charge in [0.05, 0.1) is 30.4 Å². The van der Waals surface area contributed by atoms with E-state index in [4.69, 9.17) is 24.0 Å². The molecule has 6 rings (SSSR count). The van der Waals surface area contributed by atoms with Gasteiger partial charge in [-0.05, 0) is 81.7 Å². The van der Waals surface area contributed by atoms with Crippen molar-refractivity contribution < 1.29 is 18.9 Å². The van der Waals surface area contributed by atoms with Crippen LogP contribution < -0.4 is 18.9 Å². The maximum atomic E-state index is 6.64. The van der Waals surface area contributed by atoms with Crippen LogP contribution in [0.25, 0.3) is 0 Å². The van der Waals surface area contributed by atoms with Gasteiger partial charge in [0.25, 0.3) is 0 Å². The molecule has 39 heavy (non-hydrogen) atoms. The van der Waals surface area contributed by atoms with E-state index in [0.29, 0.717) is 18.1 Å². The zero-order valence-electron chi connectivity index (χ0n) is 21.4. The van der Waals surface area contributed by atoms with Crippen LogP contribution in [0.1, 0.15) is 40.9 Å². The molecular formula is C31H26Br2N2O4. The number of nitrogens with zero attached hydrogens (tertiary/aromatic N) is 2. The molecule has 4 aromatic carbocycles. The molecule has 0 radical (unpaired) electrons. The van der Waals surface area contributed by atoms with E-state index < -0.39 is 6.23 Å². The first-order valence-corrected chi connectivity index (χ1v) is 14.1. The lowest BCUT2D eigenvalue weighted by Gasteiger charge is -2.38. The molecule has 0 amide bonds. The molecular weight excluding hydrogens is 624 g/mol. The molecule has 8 heteroatoms. The molecule has 2 aliphatic heterocycles. The van der Waals surface area contributed by atoms with Gasteiger partial charge in [0.15, 0.2) is 11.5 Å². The van der Waals surface area contributed by atoms with Crippen molar-refractivity contribution in [3.63, 3.8) is 0 Å². The highest BCUT2D eigenvalue weighted by molar-refractivity contribution is 9.11. The average molecular weight is 650 g/mol. The van der Waals surface area contributed by atoms with Gasteiger partial charge < -0.3 is 18.9 Å². The Labute approximate surface area is 244 Å². The zero-order valence-corrected chi connectivity index (χ0v) is 24.6. The van der Waals surface area contributed by atoms with Gasteiger partial charge in [0.1, 0.15) is 18.1 Å². The number of benzene rings is 4. The van der Waals surface area contributed by atoms with Crippen molar-refractivity contribution in [3.8, 4) is 23.0 Å². The van der Waals surface area contributed by atoms with Crippen LogP contribution >= 0.6 is 31.9 Å². The highest BCUT2D eigenvalue weighted by atomic mass is 79.9. The van der Waals surface area contributed by atoms with E-state index in [1.54, 1.807) is 14.2 Å². The second-order valence-electron chi connectivity index (χ2n) is 9.34. The van der Waals surface area contributed by atoms with E-state index in [1.165, 1.54) is 0 Å². The summed E-state index contributed by atoms with van der Waals surface area (Å²) in [5, 5.41) is 7.14. The molecule has 0 saturated carbocycles. The number of methoxy groups -OCH3 is 2. The molecule has 4 aromatic rings. The normalized spacial score (nSPS) is 17.5. The summed E-state index contributed by atoms with van der Waals surface area (Å²) < 4.78 is 25.7. The Morgan fingerprint density at radius 2 is 1.69 bits per heavy atom. The number of ether oxygens (including phenoxy) is 4. The van der Waals surface area contributed by atoms with Gasteiger partial charge in [-0.25, -0.2) is 5.01 Å². The Morgan fingerprint density at radius 1 is 0.897 bits per heavy atom. The molecule has 2 atom stereocenters. The molecule has 0 saturated heterocycles. The van der Waals surface area contributed by atoms with E-state index in [-0.39, 0.29) is 6.04 Å². The zero-order chi connectivity index (χ0) is 26.9. The minimum Gasteiger partial charge on any atom is -0.497 e. The fraction of sp³-hybridized carbons (Fsp3) is 0.194. The summed E-state index contributed by atoms with van der Waals surface area (Å²) in [6.45, 7) is 0.454. The fourth-order valence-corrected chi connectivity index (χ4v) is 6.34. The third-order valence-corrected chi connectivity index (χ3v) is 7.99. The van der Waals surface area contributed by atoms with E-state index in [0.717, 1.165) is 54.8 Å². The van der Waals surface area contributed by atoms with Crippen LogP contribution in [0.3, 0.4) is 0 Å². The van der Waals surface area contributed by atoms with E-state index >= 15 is 0 Å². The lowest BCUT2D eigenvalue weighted by Crippen LogP contribution is -2.34. The molecule has 0 bridgehead atoms. The number of halogens is 2. The Hall–Kier alpha value is -3.49. The largest absolute Gasteiger partial charge is 0.497 e. The molecule has 0 aromatic heterocycles. The topological polar surface area (TPSA) is 52.5 Å². The first kappa shape index (κ1) is 25.8. The predicted molar refractivity (Wildman–Crippen MR) is 158 cm³/mol. The SMILES string of the molecule is COc1ccc(C2=NN3C(C2)c2cc(Br)cc(Br)c2OC3c2ccc(OCc3ccccc3)c(OC)c2)cc1. The average Bonchev–Trinajstić information content (AvgIpc) is 3.42. The molecule has 0 spiro atoms. The third kappa shape index (κ3) is 5.11. The first-order chi connectivity index (χ1) is 19.0. The first-order valence-electron chi connectivity index (χ1n) is 12.5. The Morgan fingerprint density at radius 3 is 2.44 bits per heavy atom. The predicted octanol–water partition coefficient (Wildman–Crippen LogP) is 8.05. The van der Waals surface area contributed by atoms with Crippen LogP contribution in [0.4, 0.5) is 0 Å². The van der Waals surface area contributed by atoms with Gasteiger partial charge in [0, 0.05) is 22.0 Å². The third-order valence-electron chi connectivity index (χ3n) is 6.94. The van der Waals surface area contributed by atoms with Crippen molar-refractivity contribution >= 4 is 37.6 Å². The summed E-state index contributed by atoms with van der Waals surface area (Å²) in [4.78, 5) is 0. The van der Waals surface area contributed by atoms with Gasteiger partial charge in [-0.2, -0.15) is 5.10 Å². The highest BCUT2D eigenvalue weighted by Gasteiger charge is 2.42. The second kappa shape index (κ2) is 10.9. The lowest BCUT2D eigenvalue weighted by molar-refractivity contribution is -0.0198. The fourth-order valence-electron chi connectivity index (χ4n) is 4.98. The highest BCUT2D eigenvalue weighted by Crippen LogP contribution is 2.51. The molecule has 0 N–H and O–H groups in total. The summed E-state index contributed by atoms with van der Waals surface area (Å²) in [6.07, 6.45) is 0.296. The van der Waals surface area contributed by atoms with Crippen LogP contribution in [0.2, 0.25) is 0 Å². The molecule has 0 aliphatic carbocycles. The maximum absolute atomic E-state index is 6.64. The van der Waals surface area contributed by atoms with Crippen LogP contribution in [-0.4, -0.2) is 24.9 Å². The number of fused-ring (bicyclic) bond motifs is 3. The summed E-state index contributed by atoms with van der Waals surface area (Å²) in [5.74, 6) is 2.95. The Balaban J connectivity index is 1.36. The summed E-state index contributed by atoms with van der Waals surface area (Å²) in [7, 11) is 3.32. The Kier molecular flexibility index (Phi) is 7.23. The van der Waals surface area contributed by atoms with Crippen molar-refractivity contribution in [3.05, 3.63) is 116 Å². The molecule has 2 aliphatic rings. The van der Waals surface area contributed by atoms with Crippen molar-refractivity contribution in [2.24, 2.45) is 5.10 Å². The molecule has 198 valence electrons. The van der Waals surface area contributed by atoms with E-state index in [2.05, 4.69) is 42.9 Å². The monoisotopic (exact) mass is 648 g/mol. The van der Waals surface area contributed by atoms with Crippen LogP contribution in [0, 0.1) is 0 Å². The lowest BCUT2D eigenvalue weighted by atomic mass is 9.96. The van der Waals surface area contributed by atoms with Crippen molar-refractivity contribution in [2.45, 2.75) is 25.3 Å². The van der Waals surface area contributed by atoms with Gasteiger partial charge in [-0.15, -0.1) is 0 Å². The van der Waals surface area contributed by atoms with Crippen LogP contribution in [0.15, 0.2) is 99.0 Å². The second-order valence-corrected chi connectivity index (χ2v) is 11.1. The minimum absolute atomic E-state index is 0.00431.